The van der Waals surface area contributed by atoms with Gasteiger partial charge >= 0.3 is 0 Å². The Morgan fingerprint density at radius 3 is 1.05 bits per heavy atom. The lowest BCUT2D eigenvalue weighted by molar-refractivity contribution is -0.171. The molecule has 0 aromatic rings. The lowest BCUT2D eigenvalue weighted by Gasteiger charge is -2.36. The summed E-state index contributed by atoms with van der Waals surface area (Å²) in [6.07, 6.45) is 59.7. The van der Waals surface area contributed by atoms with Crippen molar-refractivity contribution in [2.75, 3.05) is 13.2 Å². The number of rotatable bonds is 51. The van der Waals surface area contributed by atoms with E-state index < -0.39 is 18.3 Å². The van der Waals surface area contributed by atoms with E-state index in [1.807, 2.05) is 0 Å². The first-order chi connectivity index (χ1) is 29.1. The van der Waals surface area contributed by atoms with Crippen LogP contribution in [0.25, 0.3) is 0 Å². The number of unbranched alkanes of at least 4 members (excludes halogenated alkanes) is 39. The van der Waals surface area contributed by atoms with Crippen LogP contribution >= 0.6 is 0 Å². The topological polar surface area (TPSA) is 66.8 Å². The van der Waals surface area contributed by atoms with Gasteiger partial charge in [-0.05, 0) is 44.9 Å². The average molecular weight is 833 g/mol. The molecule has 0 heterocycles. The number of ketones is 1. The number of aliphatic hydroxyl groups is 2. The van der Waals surface area contributed by atoms with Gasteiger partial charge in [0.25, 0.3) is 0 Å². The second-order valence-corrected chi connectivity index (χ2v) is 18.8. The highest BCUT2D eigenvalue weighted by atomic mass is 16.5. The highest BCUT2D eigenvalue weighted by Crippen LogP contribution is 2.30. The molecule has 0 aliphatic carbocycles. The third-order valence-electron chi connectivity index (χ3n) is 13.1. The summed E-state index contributed by atoms with van der Waals surface area (Å²) < 4.78 is 6.48. The normalized spacial score (nSPS) is 13.4. The van der Waals surface area contributed by atoms with Crippen molar-refractivity contribution in [2.24, 2.45) is 0 Å². The summed E-state index contributed by atoms with van der Waals surface area (Å²) in [5, 5.41) is 21.4. The van der Waals surface area contributed by atoms with Crippen molar-refractivity contribution in [3.63, 3.8) is 0 Å². The molecule has 0 saturated heterocycles. The zero-order valence-electron chi connectivity index (χ0n) is 40.7. The van der Waals surface area contributed by atoms with E-state index >= 15 is 0 Å². The fourth-order valence-corrected chi connectivity index (χ4v) is 8.94. The molecule has 0 rings (SSSR count). The summed E-state index contributed by atoms with van der Waals surface area (Å²) in [5.74, 6) is 0.0165. The minimum Gasteiger partial charge on any atom is -0.394 e. The standard InChI is InChI=1S/C55H108O4/c1-4-7-10-13-16-19-22-25-28-30-33-36-39-42-45-48-51-59-55(54(58)52-56,50-47-44-41-38-35-32-27-24-21-18-15-12-9-6-3)53(57)49-46-43-40-37-34-31-29-26-23-20-17-14-11-8-5-2/h26,29,54,56,58H,4-25,27-28,30-52H2,1-3H3/b29-26-. The predicted molar refractivity (Wildman–Crippen MR) is 261 cm³/mol. The number of carbonyl (C=O) groups excluding carboxylic acids is 1. The molecule has 0 aliphatic heterocycles. The maximum atomic E-state index is 14.0. The number of carbonyl (C=O) groups is 1. The zero-order valence-corrected chi connectivity index (χ0v) is 40.7. The quantitative estimate of drug-likeness (QED) is 0.0473. The Bertz CT molecular complexity index is 841. The average Bonchev–Trinajstić information content (AvgIpc) is 3.25. The second kappa shape index (κ2) is 48.3. The molecule has 0 amide bonds. The molecule has 2 atom stereocenters. The van der Waals surface area contributed by atoms with Crippen molar-refractivity contribution in [3.05, 3.63) is 12.2 Å². The molecule has 2 unspecified atom stereocenters. The molecule has 0 aromatic carbocycles. The summed E-state index contributed by atoms with van der Waals surface area (Å²) in [7, 11) is 0. The number of allylic oxidation sites excluding steroid dienone is 2. The van der Waals surface area contributed by atoms with Gasteiger partial charge in [0.05, 0.1) is 6.61 Å². The van der Waals surface area contributed by atoms with Gasteiger partial charge < -0.3 is 14.9 Å². The van der Waals surface area contributed by atoms with Crippen LogP contribution < -0.4 is 0 Å². The van der Waals surface area contributed by atoms with Gasteiger partial charge in [0.15, 0.2) is 11.4 Å². The highest BCUT2D eigenvalue weighted by Gasteiger charge is 2.44. The van der Waals surface area contributed by atoms with Crippen LogP contribution in [0.3, 0.4) is 0 Å². The third kappa shape index (κ3) is 38.7. The van der Waals surface area contributed by atoms with Gasteiger partial charge in [-0.1, -0.05) is 270 Å². The molecule has 0 spiro atoms. The minimum atomic E-state index is -1.26. The van der Waals surface area contributed by atoms with Crippen LogP contribution in [-0.4, -0.2) is 40.9 Å². The van der Waals surface area contributed by atoms with Crippen molar-refractivity contribution >= 4 is 5.78 Å². The maximum Gasteiger partial charge on any atom is 0.167 e. The number of Topliss-reactive ketones (excluding diaryl/α,β-unsaturated/α-hetero) is 1. The Kier molecular flexibility index (Phi) is 47.7. The number of hydrogen-bond acceptors (Lipinski definition) is 4. The molecule has 0 aromatic heterocycles. The van der Waals surface area contributed by atoms with E-state index in [2.05, 4.69) is 32.9 Å². The first kappa shape index (κ1) is 58.3. The van der Waals surface area contributed by atoms with E-state index in [1.54, 1.807) is 0 Å². The Balaban J connectivity index is 4.60. The van der Waals surface area contributed by atoms with Crippen LogP contribution in [0.2, 0.25) is 0 Å². The van der Waals surface area contributed by atoms with E-state index in [0.29, 0.717) is 19.4 Å². The van der Waals surface area contributed by atoms with Crippen LogP contribution in [-0.2, 0) is 9.53 Å². The van der Waals surface area contributed by atoms with Gasteiger partial charge in [0.1, 0.15) is 6.10 Å². The van der Waals surface area contributed by atoms with E-state index in [9.17, 15) is 15.0 Å². The van der Waals surface area contributed by atoms with Gasteiger partial charge in [-0.3, -0.25) is 4.79 Å². The molecule has 4 nitrogen and oxygen atoms in total. The summed E-state index contributed by atoms with van der Waals surface area (Å²) in [5.41, 5.74) is -1.26. The molecule has 2 N–H and O–H groups in total. The highest BCUT2D eigenvalue weighted by molar-refractivity contribution is 5.88. The fourth-order valence-electron chi connectivity index (χ4n) is 8.94. The lowest BCUT2D eigenvalue weighted by Crippen LogP contribution is -2.53. The van der Waals surface area contributed by atoms with Crippen molar-refractivity contribution < 1.29 is 19.7 Å². The van der Waals surface area contributed by atoms with Crippen molar-refractivity contribution in [1.82, 2.24) is 0 Å². The van der Waals surface area contributed by atoms with Gasteiger partial charge in [-0.2, -0.15) is 0 Å². The summed E-state index contributed by atoms with van der Waals surface area (Å²) >= 11 is 0. The molecule has 59 heavy (non-hydrogen) atoms. The molecule has 0 radical (unpaired) electrons. The first-order valence-corrected chi connectivity index (χ1v) is 27.2. The largest absolute Gasteiger partial charge is 0.394 e. The molecule has 0 saturated carbocycles. The van der Waals surface area contributed by atoms with Crippen LogP contribution in [0.5, 0.6) is 0 Å². The number of ether oxygens (including phenoxy) is 1. The third-order valence-corrected chi connectivity index (χ3v) is 13.1. The Morgan fingerprint density at radius 1 is 0.424 bits per heavy atom. The van der Waals surface area contributed by atoms with Gasteiger partial charge in [0, 0.05) is 13.0 Å². The van der Waals surface area contributed by atoms with E-state index in [1.165, 1.54) is 225 Å². The monoisotopic (exact) mass is 833 g/mol. The van der Waals surface area contributed by atoms with Gasteiger partial charge in [-0.25, -0.2) is 0 Å². The molecule has 0 aliphatic rings. The van der Waals surface area contributed by atoms with Crippen LogP contribution in [0, 0.1) is 0 Å². The maximum absolute atomic E-state index is 14.0. The second-order valence-electron chi connectivity index (χ2n) is 18.8. The predicted octanol–water partition coefficient (Wildman–Crippen LogP) is 17.8. The van der Waals surface area contributed by atoms with E-state index in [0.717, 1.165) is 51.4 Å². The minimum absolute atomic E-state index is 0.0165. The molecule has 0 bridgehead atoms. The molecule has 352 valence electrons. The van der Waals surface area contributed by atoms with Gasteiger partial charge in [0.2, 0.25) is 0 Å². The fraction of sp³-hybridized carbons (Fsp3) is 0.945. The molecular weight excluding hydrogens is 725 g/mol. The Hall–Kier alpha value is -0.710. The Morgan fingerprint density at radius 2 is 0.712 bits per heavy atom. The zero-order chi connectivity index (χ0) is 43.0. The SMILES string of the molecule is CCCCCCCC/C=C\CCCCCCCC(=O)C(CCCCCCCCCCCCCCCC)(OCCCCCCCCCCCCCCCCCC)C(O)CO. The van der Waals surface area contributed by atoms with Gasteiger partial charge in [-0.15, -0.1) is 0 Å². The van der Waals surface area contributed by atoms with Crippen LogP contribution in [0.4, 0.5) is 0 Å². The van der Waals surface area contributed by atoms with Crippen LogP contribution in [0.15, 0.2) is 12.2 Å². The molecule has 0 fully saturated rings. The van der Waals surface area contributed by atoms with Crippen molar-refractivity contribution in [3.8, 4) is 0 Å². The first-order valence-electron chi connectivity index (χ1n) is 27.2. The Labute approximate surface area is 371 Å². The summed E-state index contributed by atoms with van der Waals surface area (Å²) in [4.78, 5) is 14.0. The van der Waals surface area contributed by atoms with Crippen molar-refractivity contribution in [2.45, 2.75) is 321 Å². The lowest BCUT2D eigenvalue weighted by atomic mass is 9.83. The molecular formula is C55H108O4. The van der Waals surface area contributed by atoms with Crippen molar-refractivity contribution in [1.29, 1.82) is 0 Å². The van der Waals surface area contributed by atoms with Crippen LogP contribution in [0.1, 0.15) is 310 Å². The number of hydrogen-bond donors (Lipinski definition) is 2. The summed E-state index contributed by atoms with van der Waals surface area (Å²) in [6.45, 7) is 6.92. The summed E-state index contributed by atoms with van der Waals surface area (Å²) in [6, 6.07) is 0. The van der Waals surface area contributed by atoms with E-state index in [-0.39, 0.29) is 5.78 Å². The van der Waals surface area contributed by atoms with E-state index in [4.69, 9.17) is 4.74 Å². The molecule has 4 heteroatoms. The smallest absolute Gasteiger partial charge is 0.167 e. The number of aliphatic hydroxyl groups excluding tert-OH is 2.